The lowest BCUT2D eigenvalue weighted by Crippen LogP contribution is -2.53. The first kappa shape index (κ1) is 33.9. The molecule has 0 aliphatic heterocycles. The van der Waals surface area contributed by atoms with Crippen LogP contribution >= 0.6 is 34.8 Å². The summed E-state index contributed by atoms with van der Waals surface area (Å²) < 4.78 is 34.6. The van der Waals surface area contributed by atoms with E-state index in [1.807, 2.05) is 13.8 Å². The molecule has 8 nitrogen and oxygen atoms in total. The number of nitrogens with one attached hydrogen (secondary N) is 1. The van der Waals surface area contributed by atoms with Crippen molar-refractivity contribution in [2.75, 3.05) is 17.5 Å². The number of halogens is 3. The molecular weight excluding hydrogens is 645 g/mol. The zero-order valence-electron chi connectivity index (χ0n) is 24.6. The van der Waals surface area contributed by atoms with Gasteiger partial charge in [0.25, 0.3) is 10.0 Å². The number of ether oxygens (including phenoxy) is 1. The second-order valence-electron chi connectivity index (χ2n) is 10.6. The van der Waals surface area contributed by atoms with Crippen LogP contribution in [-0.2, 0) is 26.2 Å². The van der Waals surface area contributed by atoms with Gasteiger partial charge in [0.2, 0.25) is 11.8 Å². The minimum Gasteiger partial charge on any atom is -0.494 e. The maximum atomic E-state index is 14.3. The van der Waals surface area contributed by atoms with Crippen molar-refractivity contribution in [2.45, 2.75) is 69.5 Å². The highest BCUT2D eigenvalue weighted by atomic mass is 35.5. The highest BCUT2D eigenvalue weighted by molar-refractivity contribution is 7.92. The molecule has 236 valence electrons. The Bertz CT molecular complexity index is 1550. The summed E-state index contributed by atoms with van der Waals surface area (Å²) in [7, 11) is -4.23. The molecule has 1 N–H and O–H groups in total. The number of anilines is 1. The van der Waals surface area contributed by atoms with Crippen LogP contribution in [-0.4, -0.2) is 50.4 Å². The van der Waals surface area contributed by atoms with E-state index in [0.29, 0.717) is 39.4 Å². The molecule has 0 spiro atoms. The summed E-state index contributed by atoms with van der Waals surface area (Å²) in [4.78, 5) is 29.2. The smallest absolute Gasteiger partial charge is 0.264 e. The fraction of sp³-hybridized carbons (Fsp3) is 0.375. The van der Waals surface area contributed by atoms with E-state index in [1.165, 1.54) is 29.2 Å². The van der Waals surface area contributed by atoms with Crippen molar-refractivity contribution in [3.05, 3.63) is 87.4 Å². The van der Waals surface area contributed by atoms with Gasteiger partial charge in [0.1, 0.15) is 18.3 Å². The zero-order valence-corrected chi connectivity index (χ0v) is 27.7. The van der Waals surface area contributed by atoms with E-state index in [-0.39, 0.29) is 29.1 Å². The van der Waals surface area contributed by atoms with Gasteiger partial charge in [-0.15, -0.1) is 0 Å². The predicted octanol–water partition coefficient (Wildman–Crippen LogP) is 7.11. The number of amides is 2. The molecule has 1 aliphatic rings. The van der Waals surface area contributed by atoms with Crippen LogP contribution in [0.1, 0.15) is 51.5 Å². The topological polar surface area (TPSA) is 96.0 Å². The molecule has 1 saturated carbocycles. The maximum absolute atomic E-state index is 14.3. The van der Waals surface area contributed by atoms with E-state index >= 15 is 0 Å². The van der Waals surface area contributed by atoms with E-state index in [2.05, 4.69) is 5.32 Å². The van der Waals surface area contributed by atoms with Crippen molar-refractivity contribution >= 4 is 62.3 Å². The Morgan fingerprint density at radius 1 is 0.932 bits per heavy atom. The molecule has 1 atom stereocenters. The summed E-state index contributed by atoms with van der Waals surface area (Å²) >= 11 is 18.4. The predicted molar refractivity (Wildman–Crippen MR) is 175 cm³/mol. The molecule has 4 rings (SSSR count). The quantitative estimate of drug-likeness (QED) is 0.208. The molecule has 3 aromatic rings. The van der Waals surface area contributed by atoms with E-state index in [4.69, 9.17) is 39.5 Å². The second-order valence-corrected chi connectivity index (χ2v) is 13.7. The van der Waals surface area contributed by atoms with Gasteiger partial charge in [-0.05, 0) is 92.4 Å². The summed E-state index contributed by atoms with van der Waals surface area (Å²) in [6, 6.07) is 16.4. The number of hydrogen-bond acceptors (Lipinski definition) is 5. The lowest BCUT2D eigenvalue weighted by atomic mass is 10.1. The van der Waals surface area contributed by atoms with Crippen LogP contribution in [0.4, 0.5) is 5.69 Å². The van der Waals surface area contributed by atoms with Gasteiger partial charge >= 0.3 is 0 Å². The number of carbonyl (C=O) groups excluding carboxylic acids is 2. The maximum Gasteiger partial charge on any atom is 0.264 e. The van der Waals surface area contributed by atoms with Crippen molar-refractivity contribution in [2.24, 2.45) is 0 Å². The summed E-state index contributed by atoms with van der Waals surface area (Å²) in [5.41, 5.74) is 0.905. The third kappa shape index (κ3) is 8.38. The Balaban J connectivity index is 1.72. The molecule has 1 aliphatic carbocycles. The van der Waals surface area contributed by atoms with Crippen molar-refractivity contribution in [1.29, 1.82) is 0 Å². The SMILES string of the molecule is CCOc1ccc(N(CC(=O)N(Cc2ccc(Cl)c(Cl)c2)C(CC)C(=O)NC2CCCC2)S(=O)(=O)c2ccc(Cl)cc2)cc1. The highest BCUT2D eigenvalue weighted by Crippen LogP contribution is 2.29. The number of rotatable bonds is 13. The third-order valence-corrected chi connectivity index (χ3v) is 10.3. The van der Waals surface area contributed by atoms with Gasteiger partial charge in [0.05, 0.1) is 27.2 Å². The average Bonchev–Trinajstić information content (AvgIpc) is 3.51. The van der Waals surface area contributed by atoms with Crippen LogP contribution in [0.3, 0.4) is 0 Å². The molecule has 0 aromatic heterocycles. The molecule has 3 aromatic carbocycles. The van der Waals surface area contributed by atoms with E-state index < -0.39 is 28.5 Å². The summed E-state index contributed by atoms with van der Waals surface area (Å²) in [6.45, 7) is 3.57. The number of hydrogen-bond donors (Lipinski definition) is 1. The molecule has 0 radical (unpaired) electrons. The van der Waals surface area contributed by atoms with Crippen molar-refractivity contribution in [3.8, 4) is 5.75 Å². The first-order valence-electron chi connectivity index (χ1n) is 14.6. The van der Waals surface area contributed by atoms with Gasteiger partial charge < -0.3 is 15.0 Å². The van der Waals surface area contributed by atoms with Crippen molar-refractivity contribution < 1.29 is 22.7 Å². The average molecular weight is 681 g/mol. The molecule has 0 saturated heterocycles. The molecule has 1 unspecified atom stereocenters. The molecule has 44 heavy (non-hydrogen) atoms. The van der Waals surface area contributed by atoms with Crippen molar-refractivity contribution in [3.63, 3.8) is 0 Å². The first-order chi connectivity index (χ1) is 21.0. The first-order valence-corrected chi connectivity index (χ1v) is 17.2. The van der Waals surface area contributed by atoms with Gasteiger partial charge in [0, 0.05) is 17.6 Å². The molecule has 2 amide bonds. The van der Waals surface area contributed by atoms with Crippen LogP contribution in [0.5, 0.6) is 5.75 Å². The van der Waals surface area contributed by atoms with Crippen LogP contribution in [0, 0.1) is 0 Å². The number of benzene rings is 3. The van der Waals surface area contributed by atoms with Crippen LogP contribution in [0.2, 0.25) is 15.1 Å². The van der Waals surface area contributed by atoms with E-state index in [1.54, 1.807) is 42.5 Å². The lowest BCUT2D eigenvalue weighted by Gasteiger charge is -2.34. The van der Waals surface area contributed by atoms with Crippen LogP contribution < -0.4 is 14.4 Å². The fourth-order valence-corrected chi connectivity index (χ4v) is 7.12. The van der Waals surface area contributed by atoms with E-state index in [9.17, 15) is 18.0 Å². The second kappa shape index (κ2) is 15.3. The monoisotopic (exact) mass is 679 g/mol. The van der Waals surface area contributed by atoms with Gasteiger partial charge in [-0.2, -0.15) is 0 Å². The summed E-state index contributed by atoms with van der Waals surface area (Å²) in [6.07, 6.45) is 4.15. The minimum absolute atomic E-state index is 0.0183. The Labute approximate surface area is 274 Å². The zero-order chi connectivity index (χ0) is 31.9. The lowest BCUT2D eigenvalue weighted by molar-refractivity contribution is -0.140. The van der Waals surface area contributed by atoms with Crippen LogP contribution in [0.15, 0.2) is 71.6 Å². The molecule has 12 heteroatoms. The van der Waals surface area contributed by atoms with Gasteiger partial charge in [-0.25, -0.2) is 8.42 Å². The van der Waals surface area contributed by atoms with Crippen molar-refractivity contribution in [1.82, 2.24) is 10.2 Å². The normalized spacial score (nSPS) is 14.2. The highest BCUT2D eigenvalue weighted by Gasteiger charge is 2.34. The Kier molecular flexibility index (Phi) is 11.8. The number of nitrogens with zero attached hydrogens (tertiary/aromatic N) is 2. The molecule has 0 heterocycles. The summed E-state index contributed by atoms with van der Waals surface area (Å²) in [5.74, 6) is -0.279. The van der Waals surface area contributed by atoms with Crippen LogP contribution in [0.25, 0.3) is 0 Å². The number of sulfonamides is 1. The minimum atomic E-state index is -4.23. The standard InChI is InChI=1S/C32H36Cl3N3O5S/c1-3-30(32(40)36-24-7-5-6-8-24)37(20-22-9-18-28(34)29(35)19-22)31(39)21-38(25-12-14-26(15-13-25)43-4-2)44(41,42)27-16-10-23(33)11-17-27/h9-19,24,30H,3-8,20-21H2,1-2H3,(H,36,40). The van der Waals surface area contributed by atoms with Gasteiger partial charge in [-0.3, -0.25) is 13.9 Å². The largest absolute Gasteiger partial charge is 0.494 e. The summed E-state index contributed by atoms with van der Waals surface area (Å²) in [5, 5.41) is 4.14. The molecular formula is C32H36Cl3N3O5S. The number of carbonyl (C=O) groups is 2. The van der Waals surface area contributed by atoms with Gasteiger partial charge in [0.15, 0.2) is 0 Å². The molecule has 1 fully saturated rings. The third-order valence-electron chi connectivity index (χ3n) is 7.54. The van der Waals surface area contributed by atoms with Gasteiger partial charge in [-0.1, -0.05) is 60.6 Å². The Morgan fingerprint density at radius 2 is 1.59 bits per heavy atom. The fourth-order valence-electron chi connectivity index (χ4n) is 5.26. The molecule has 0 bridgehead atoms. The van der Waals surface area contributed by atoms with E-state index in [0.717, 1.165) is 30.0 Å². The Hall–Kier alpha value is -2.98. The Morgan fingerprint density at radius 3 is 2.18 bits per heavy atom.